The van der Waals surface area contributed by atoms with Crippen molar-refractivity contribution in [2.45, 2.75) is 36.5 Å². The smallest absolute Gasteiger partial charge is 0.475 e. The monoisotopic (exact) mass is 624 g/mol. The summed E-state index contributed by atoms with van der Waals surface area (Å²) in [7, 11) is -1.46. The molecule has 9 nitrogen and oxygen atoms in total. The number of nitrogens with one attached hydrogen (secondary N) is 1. The molecule has 0 spiro atoms. The maximum atomic E-state index is 13.2. The summed E-state index contributed by atoms with van der Waals surface area (Å²) in [6, 6.07) is 12.0. The Bertz CT molecular complexity index is 1360. The van der Waals surface area contributed by atoms with Crippen molar-refractivity contribution in [3.05, 3.63) is 65.2 Å². The van der Waals surface area contributed by atoms with E-state index in [0.29, 0.717) is 13.0 Å². The van der Waals surface area contributed by atoms with Crippen LogP contribution in [-0.2, 0) is 32.2 Å². The predicted octanol–water partition coefficient (Wildman–Crippen LogP) is 3.79. The van der Waals surface area contributed by atoms with Crippen molar-refractivity contribution in [2.75, 3.05) is 40.3 Å². The summed E-state index contributed by atoms with van der Waals surface area (Å²) in [4.78, 5) is 26.5. The number of amidine groups is 1. The standard InChI is InChI=1S/C24H29F3N4O3S.C2HF3O2/c1-30(17-13-18-9-11-19(12-10-18)23-28-14-15-29-23)22(32)8-5-16-31(2)35(33,34)21-7-4-3-6-20(21)24(25,26)27;3-2(4,5)1(6)7/h3-4,6-7,9-12H,5,8,13-17H2,1-2H3,(H,28,29);(H,6,7). The largest absolute Gasteiger partial charge is 0.490 e. The van der Waals surface area contributed by atoms with Gasteiger partial charge >= 0.3 is 18.3 Å². The van der Waals surface area contributed by atoms with Gasteiger partial charge in [-0.1, -0.05) is 36.4 Å². The third-order valence-electron chi connectivity index (χ3n) is 6.05. The summed E-state index contributed by atoms with van der Waals surface area (Å²) in [6.07, 6.45) is -8.94. The number of alkyl halides is 6. The molecule has 0 saturated carbocycles. The minimum Gasteiger partial charge on any atom is -0.475 e. The first-order valence-corrected chi connectivity index (χ1v) is 13.9. The van der Waals surface area contributed by atoms with Crippen LogP contribution < -0.4 is 5.32 Å². The summed E-state index contributed by atoms with van der Waals surface area (Å²) in [5, 5.41) is 10.3. The van der Waals surface area contributed by atoms with Crippen LogP contribution in [0, 0.1) is 0 Å². The van der Waals surface area contributed by atoms with Crippen LogP contribution in [0.25, 0.3) is 0 Å². The molecule has 0 aromatic heterocycles. The predicted molar refractivity (Wildman–Crippen MR) is 141 cm³/mol. The number of carbonyl (C=O) groups is 2. The summed E-state index contributed by atoms with van der Waals surface area (Å²) in [6.45, 7) is 2.02. The lowest BCUT2D eigenvalue weighted by molar-refractivity contribution is -0.192. The highest BCUT2D eigenvalue weighted by Gasteiger charge is 2.39. The molecule has 2 aromatic rings. The lowest BCUT2D eigenvalue weighted by Crippen LogP contribution is -2.32. The number of aliphatic imine (C=N–C) groups is 1. The Morgan fingerprint density at radius 1 is 0.976 bits per heavy atom. The second-order valence-electron chi connectivity index (χ2n) is 9.15. The van der Waals surface area contributed by atoms with Gasteiger partial charge in [-0.05, 0) is 30.5 Å². The Kier molecular flexibility index (Phi) is 11.9. The van der Waals surface area contributed by atoms with Crippen LogP contribution >= 0.6 is 0 Å². The zero-order chi connectivity index (χ0) is 31.7. The van der Waals surface area contributed by atoms with Gasteiger partial charge in [0.15, 0.2) is 0 Å². The molecule has 1 aliphatic rings. The average molecular weight is 625 g/mol. The molecule has 1 heterocycles. The Morgan fingerprint density at radius 3 is 2.10 bits per heavy atom. The van der Waals surface area contributed by atoms with E-state index < -0.39 is 38.8 Å². The maximum absolute atomic E-state index is 13.2. The van der Waals surface area contributed by atoms with Gasteiger partial charge in [0.2, 0.25) is 15.9 Å². The molecule has 3 rings (SSSR count). The van der Waals surface area contributed by atoms with Crippen LogP contribution in [0.3, 0.4) is 0 Å². The molecule has 0 fully saturated rings. The van der Waals surface area contributed by atoms with E-state index in [2.05, 4.69) is 10.3 Å². The summed E-state index contributed by atoms with van der Waals surface area (Å²) in [5.41, 5.74) is 0.886. The number of sulfonamides is 1. The molecular weight excluding hydrogens is 594 g/mol. The van der Waals surface area contributed by atoms with Crippen LogP contribution in [0.2, 0.25) is 0 Å². The number of hydrogen-bond acceptors (Lipinski definition) is 6. The first kappa shape index (κ1) is 34.5. The SMILES string of the molecule is CN(CCc1ccc(C2=NCCN2)cc1)C(=O)CCCN(C)S(=O)(=O)c1ccccc1C(F)(F)F.O=C(O)C(F)(F)F. The van der Waals surface area contributed by atoms with Gasteiger partial charge in [0.25, 0.3) is 0 Å². The number of nitrogens with zero attached hydrogens (tertiary/aromatic N) is 3. The minimum atomic E-state index is -5.08. The van der Waals surface area contributed by atoms with Crippen LogP contribution in [0.1, 0.15) is 29.5 Å². The molecule has 0 unspecified atom stereocenters. The van der Waals surface area contributed by atoms with Crippen molar-refractivity contribution in [2.24, 2.45) is 4.99 Å². The number of benzene rings is 2. The van der Waals surface area contributed by atoms with Crippen molar-refractivity contribution >= 4 is 27.7 Å². The van der Waals surface area contributed by atoms with E-state index in [1.54, 1.807) is 11.9 Å². The zero-order valence-corrected chi connectivity index (χ0v) is 23.5. The van der Waals surface area contributed by atoms with Gasteiger partial charge in [-0.25, -0.2) is 17.5 Å². The van der Waals surface area contributed by atoms with Crippen LogP contribution in [0.15, 0.2) is 58.4 Å². The highest BCUT2D eigenvalue weighted by molar-refractivity contribution is 7.89. The molecule has 16 heteroatoms. The number of likely N-dealkylation sites (N-methyl/N-ethyl adjacent to an activating group) is 1. The molecule has 1 aliphatic heterocycles. The fraction of sp³-hybridized carbons (Fsp3) is 0.423. The second-order valence-corrected chi connectivity index (χ2v) is 11.2. The van der Waals surface area contributed by atoms with E-state index in [0.717, 1.165) is 52.6 Å². The third-order valence-corrected chi connectivity index (χ3v) is 7.97. The molecule has 232 valence electrons. The lowest BCUT2D eigenvalue weighted by Gasteiger charge is -2.21. The van der Waals surface area contributed by atoms with Crippen molar-refractivity contribution < 1.29 is 49.5 Å². The molecule has 0 saturated heterocycles. The number of rotatable bonds is 10. The van der Waals surface area contributed by atoms with Crippen LogP contribution in [0.4, 0.5) is 26.3 Å². The van der Waals surface area contributed by atoms with Gasteiger partial charge in [-0.3, -0.25) is 9.79 Å². The number of halogens is 6. The third kappa shape index (κ3) is 10.0. The van der Waals surface area contributed by atoms with Gasteiger partial charge in [0, 0.05) is 45.7 Å². The normalized spacial score (nSPS) is 13.6. The first-order valence-electron chi connectivity index (χ1n) is 12.5. The topological polar surface area (TPSA) is 119 Å². The van der Waals surface area contributed by atoms with Crippen molar-refractivity contribution in [3.63, 3.8) is 0 Å². The number of aliphatic carboxylic acids is 1. The molecule has 0 atom stereocenters. The summed E-state index contributed by atoms with van der Waals surface area (Å²) < 4.78 is 97.7. The highest BCUT2D eigenvalue weighted by atomic mass is 32.2. The highest BCUT2D eigenvalue weighted by Crippen LogP contribution is 2.34. The van der Waals surface area contributed by atoms with Gasteiger partial charge in [-0.15, -0.1) is 0 Å². The first-order chi connectivity index (χ1) is 19.4. The second kappa shape index (κ2) is 14.5. The summed E-state index contributed by atoms with van der Waals surface area (Å²) in [5.74, 6) is -2.03. The molecule has 0 bridgehead atoms. The van der Waals surface area contributed by atoms with Gasteiger partial charge in [0.05, 0.1) is 17.0 Å². The molecule has 0 radical (unpaired) electrons. The van der Waals surface area contributed by atoms with Crippen molar-refractivity contribution in [1.82, 2.24) is 14.5 Å². The zero-order valence-electron chi connectivity index (χ0n) is 22.7. The maximum Gasteiger partial charge on any atom is 0.490 e. The Labute approximate surface area is 238 Å². The Hall–Kier alpha value is -3.66. The molecule has 2 N–H and O–H groups in total. The van der Waals surface area contributed by atoms with Crippen LogP contribution in [0.5, 0.6) is 0 Å². The summed E-state index contributed by atoms with van der Waals surface area (Å²) >= 11 is 0. The van der Waals surface area contributed by atoms with E-state index in [1.165, 1.54) is 13.1 Å². The van der Waals surface area contributed by atoms with E-state index in [1.807, 2.05) is 24.3 Å². The van der Waals surface area contributed by atoms with E-state index >= 15 is 0 Å². The Balaban J connectivity index is 0.000000782. The quantitative estimate of drug-likeness (QED) is 0.389. The van der Waals surface area contributed by atoms with Gasteiger partial charge in [0.1, 0.15) is 5.84 Å². The number of amides is 1. The molecule has 1 amide bonds. The lowest BCUT2D eigenvalue weighted by atomic mass is 10.1. The molecule has 42 heavy (non-hydrogen) atoms. The molecule has 0 aliphatic carbocycles. The minimum absolute atomic E-state index is 0.0759. The van der Waals surface area contributed by atoms with Gasteiger partial charge in [-0.2, -0.15) is 26.3 Å². The fourth-order valence-corrected chi connectivity index (χ4v) is 5.12. The number of hydrogen-bond donors (Lipinski definition) is 2. The van der Waals surface area contributed by atoms with Gasteiger partial charge < -0.3 is 15.3 Å². The Morgan fingerprint density at radius 2 is 1.57 bits per heavy atom. The van der Waals surface area contributed by atoms with Crippen molar-refractivity contribution in [1.29, 1.82) is 0 Å². The van der Waals surface area contributed by atoms with E-state index in [-0.39, 0.29) is 25.3 Å². The van der Waals surface area contributed by atoms with Crippen molar-refractivity contribution in [3.8, 4) is 0 Å². The van der Waals surface area contributed by atoms with E-state index in [9.17, 15) is 39.6 Å². The number of carboxylic acids is 1. The van der Waals surface area contributed by atoms with Crippen LogP contribution in [-0.4, -0.2) is 86.9 Å². The average Bonchev–Trinajstić information content (AvgIpc) is 3.46. The molecule has 2 aromatic carbocycles. The fourth-order valence-electron chi connectivity index (χ4n) is 3.70. The molecular formula is C26H30F6N4O5S. The number of carbonyl (C=O) groups excluding carboxylic acids is 1. The van der Waals surface area contributed by atoms with E-state index in [4.69, 9.17) is 9.90 Å². The number of carboxylic acid groups (broad SMARTS) is 1.